The van der Waals surface area contributed by atoms with Gasteiger partial charge in [-0.15, -0.1) is 0 Å². The third kappa shape index (κ3) is 2.49. The highest BCUT2D eigenvalue weighted by Crippen LogP contribution is 2.23. The summed E-state index contributed by atoms with van der Waals surface area (Å²) < 4.78 is 9.98. The number of likely N-dealkylation sites (tertiary alicyclic amines) is 1. The summed E-state index contributed by atoms with van der Waals surface area (Å²) in [5, 5.41) is 0. The molecule has 0 aromatic heterocycles. The van der Waals surface area contributed by atoms with Crippen LogP contribution in [0, 0.1) is 5.92 Å². The minimum absolute atomic E-state index is 0.0740. The van der Waals surface area contributed by atoms with Gasteiger partial charge in [0.05, 0.1) is 26.2 Å². The van der Waals surface area contributed by atoms with Gasteiger partial charge in [0.25, 0.3) is 0 Å². The van der Waals surface area contributed by atoms with Crippen molar-refractivity contribution in [3.8, 4) is 0 Å². The van der Waals surface area contributed by atoms with Crippen molar-refractivity contribution in [2.75, 3.05) is 26.9 Å². The molecule has 102 valence electrons. The second-order valence-corrected chi connectivity index (χ2v) is 4.87. The molecule has 0 radical (unpaired) electrons. The first-order valence-corrected chi connectivity index (χ1v) is 6.36. The van der Waals surface area contributed by atoms with Crippen LogP contribution in [-0.2, 0) is 19.1 Å². The number of methoxy groups -OCH3 is 1. The molecule has 2 fully saturated rings. The molecule has 2 heterocycles. The molecular formula is C12H20N2O4. The van der Waals surface area contributed by atoms with Crippen molar-refractivity contribution < 1.29 is 19.1 Å². The summed E-state index contributed by atoms with van der Waals surface area (Å²) in [7, 11) is 1.35. The first kappa shape index (κ1) is 13.3. The maximum atomic E-state index is 12.4. The van der Waals surface area contributed by atoms with E-state index in [0.717, 1.165) is 12.8 Å². The van der Waals surface area contributed by atoms with Crippen LogP contribution in [0.15, 0.2) is 0 Å². The van der Waals surface area contributed by atoms with Crippen LogP contribution in [0.2, 0.25) is 0 Å². The molecule has 2 N–H and O–H groups in total. The molecule has 6 heteroatoms. The van der Waals surface area contributed by atoms with Crippen LogP contribution in [0.4, 0.5) is 0 Å². The van der Waals surface area contributed by atoms with Gasteiger partial charge in [-0.05, 0) is 19.3 Å². The fraction of sp³-hybridized carbons (Fsp3) is 0.833. The topological polar surface area (TPSA) is 81.9 Å². The Morgan fingerprint density at radius 2 is 2.11 bits per heavy atom. The van der Waals surface area contributed by atoms with Gasteiger partial charge in [0.1, 0.15) is 6.04 Å². The molecular weight excluding hydrogens is 236 g/mol. The van der Waals surface area contributed by atoms with E-state index in [1.165, 1.54) is 7.11 Å². The van der Waals surface area contributed by atoms with Crippen molar-refractivity contribution in [2.45, 2.75) is 31.3 Å². The molecule has 2 aliphatic heterocycles. The van der Waals surface area contributed by atoms with Gasteiger partial charge in [-0.2, -0.15) is 0 Å². The first-order valence-electron chi connectivity index (χ1n) is 6.36. The van der Waals surface area contributed by atoms with Crippen LogP contribution in [-0.4, -0.2) is 55.7 Å². The molecule has 18 heavy (non-hydrogen) atoms. The maximum Gasteiger partial charge on any atom is 0.328 e. The van der Waals surface area contributed by atoms with Crippen molar-refractivity contribution >= 4 is 11.9 Å². The van der Waals surface area contributed by atoms with Gasteiger partial charge in [-0.3, -0.25) is 4.79 Å². The Morgan fingerprint density at radius 3 is 2.72 bits per heavy atom. The Labute approximate surface area is 106 Å². The quantitative estimate of drug-likeness (QED) is 0.674. The lowest BCUT2D eigenvalue weighted by Crippen LogP contribution is -2.53. The SMILES string of the molecule is COC(=O)C1CCCCN1C(=O)C1COCC1N. The Bertz CT molecular complexity index is 334. The van der Waals surface area contributed by atoms with Gasteiger partial charge >= 0.3 is 5.97 Å². The van der Waals surface area contributed by atoms with Crippen molar-refractivity contribution in [1.29, 1.82) is 0 Å². The number of amides is 1. The zero-order valence-electron chi connectivity index (χ0n) is 10.6. The number of rotatable bonds is 2. The van der Waals surface area contributed by atoms with E-state index in [2.05, 4.69) is 0 Å². The van der Waals surface area contributed by atoms with Crippen LogP contribution in [0.5, 0.6) is 0 Å². The Morgan fingerprint density at radius 1 is 1.33 bits per heavy atom. The number of hydrogen-bond donors (Lipinski definition) is 1. The standard InChI is InChI=1S/C12H20N2O4/c1-17-12(16)10-4-2-3-5-14(10)11(15)8-6-18-7-9(8)13/h8-10H,2-7,13H2,1H3. The van der Waals surface area contributed by atoms with Crippen LogP contribution < -0.4 is 5.73 Å². The summed E-state index contributed by atoms with van der Waals surface area (Å²) in [6.45, 7) is 1.36. The maximum absolute atomic E-state index is 12.4. The normalized spacial score (nSPS) is 32.3. The van der Waals surface area contributed by atoms with Gasteiger partial charge in [0.2, 0.25) is 5.91 Å². The minimum Gasteiger partial charge on any atom is -0.467 e. The molecule has 0 aromatic carbocycles. The third-order valence-corrected chi connectivity index (χ3v) is 3.70. The highest BCUT2D eigenvalue weighted by molar-refractivity contribution is 5.86. The molecule has 2 saturated heterocycles. The number of carbonyl (C=O) groups is 2. The number of nitrogens with two attached hydrogens (primary N) is 1. The van der Waals surface area contributed by atoms with E-state index in [-0.39, 0.29) is 23.8 Å². The molecule has 6 nitrogen and oxygen atoms in total. The van der Waals surface area contributed by atoms with Crippen molar-refractivity contribution in [2.24, 2.45) is 11.7 Å². The summed E-state index contributed by atoms with van der Waals surface area (Å²) in [5.41, 5.74) is 5.85. The minimum atomic E-state index is -0.455. The lowest BCUT2D eigenvalue weighted by Gasteiger charge is -2.35. The predicted molar refractivity (Wildman–Crippen MR) is 63.7 cm³/mol. The predicted octanol–water partition coefficient (Wildman–Crippen LogP) is -0.486. The molecule has 2 rings (SSSR count). The van der Waals surface area contributed by atoms with Gasteiger partial charge in [-0.25, -0.2) is 4.79 Å². The zero-order chi connectivity index (χ0) is 13.1. The number of hydrogen-bond acceptors (Lipinski definition) is 5. The monoisotopic (exact) mass is 256 g/mol. The summed E-state index contributed by atoms with van der Waals surface area (Å²) in [5.74, 6) is -0.735. The lowest BCUT2D eigenvalue weighted by atomic mass is 9.97. The van der Waals surface area contributed by atoms with Gasteiger partial charge in [0, 0.05) is 12.6 Å². The van der Waals surface area contributed by atoms with Crippen LogP contribution >= 0.6 is 0 Å². The smallest absolute Gasteiger partial charge is 0.328 e. The summed E-state index contributed by atoms with van der Waals surface area (Å²) >= 11 is 0. The molecule has 3 atom stereocenters. The fourth-order valence-corrected chi connectivity index (χ4v) is 2.61. The third-order valence-electron chi connectivity index (χ3n) is 3.70. The summed E-state index contributed by atoms with van der Waals surface area (Å²) in [4.78, 5) is 25.7. The van der Waals surface area contributed by atoms with Gasteiger partial charge < -0.3 is 20.1 Å². The van der Waals surface area contributed by atoms with Crippen LogP contribution in [0.3, 0.4) is 0 Å². The van der Waals surface area contributed by atoms with E-state index in [1.54, 1.807) is 4.90 Å². The van der Waals surface area contributed by atoms with Crippen molar-refractivity contribution in [3.63, 3.8) is 0 Å². The molecule has 0 aromatic rings. The average molecular weight is 256 g/mol. The van der Waals surface area contributed by atoms with E-state index in [0.29, 0.717) is 26.2 Å². The van der Waals surface area contributed by atoms with E-state index in [4.69, 9.17) is 15.2 Å². The average Bonchev–Trinajstić information content (AvgIpc) is 2.83. The summed E-state index contributed by atoms with van der Waals surface area (Å²) in [6.07, 6.45) is 2.53. The largest absolute Gasteiger partial charge is 0.467 e. The van der Waals surface area contributed by atoms with Gasteiger partial charge in [-0.1, -0.05) is 0 Å². The van der Waals surface area contributed by atoms with E-state index >= 15 is 0 Å². The van der Waals surface area contributed by atoms with Gasteiger partial charge in [0.15, 0.2) is 0 Å². The number of piperidine rings is 1. The molecule has 0 spiro atoms. The Hall–Kier alpha value is -1.14. The molecule has 0 bridgehead atoms. The summed E-state index contributed by atoms with van der Waals surface area (Å²) in [6, 6.07) is -0.721. The van der Waals surface area contributed by atoms with Crippen LogP contribution in [0.1, 0.15) is 19.3 Å². The number of esters is 1. The number of nitrogens with zero attached hydrogens (tertiary/aromatic N) is 1. The number of ether oxygens (including phenoxy) is 2. The molecule has 2 aliphatic rings. The zero-order valence-corrected chi connectivity index (χ0v) is 10.6. The Balaban J connectivity index is 2.08. The Kier molecular flexibility index (Phi) is 4.19. The van der Waals surface area contributed by atoms with E-state index in [9.17, 15) is 9.59 Å². The van der Waals surface area contributed by atoms with E-state index in [1.807, 2.05) is 0 Å². The second kappa shape index (κ2) is 5.67. The molecule has 1 amide bonds. The van der Waals surface area contributed by atoms with Crippen molar-refractivity contribution in [1.82, 2.24) is 4.90 Å². The lowest BCUT2D eigenvalue weighted by molar-refractivity contribution is -0.156. The number of carbonyl (C=O) groups excluding carboxylic acids is 2. The van der Waals surface area contributed by atoms with E-state index < -0.39 is 6.04 Å². The molecule has 3 unspecified atom stereocenters. The van der Waals surface area contributed by atoms with Crippen molar-refractivity contribution in [3.05, 3.63) is 0 Å². The first-order chi connectivity index (χ1) is 8.65. The van der Waals surface area contributed by atoms with Crippen LogP contribution in [0.25, 0.3) is 0 Å². The molecule has 0 saturated carbocycles. The second-order valence-electron chi connectivity index (χ2n) is 4.87. The fourth-order valence-electron chi connectivity index (χ4n) is 2.61. The molecule has 0 aliphatic carbocycles. The highest BCUT2D eigenvalue weighted by atomic mass is 16.5. The highest BCUT2D eigenvalue weighted by Gasteiger charge is 2.40.